The Bertz CT molecular complexity index is 755. The van der Waals surface area contributed by atoms with Gasteiger partial charge in [-0.25, -0.2) is 12.8 Å². The van der Waals surface area contributed by atoms with Gasteiger partial charge in [-0.3, -0.25) is 4.79 Å². The Hall–Kier alpha value is -1.47. The molecule has 2 fully saturated rings. The number of benzene rings is 1. The van der Waals surface area contributed by atoms with Crippen LogP contribution in [0.4, 0.5) is 4.39 Å². The molecule has 1 aromatic rings. The highest BCUT2D eigenvalue weighted by molar-refractivity contribution is 7.89. The molecule has 24 heavy (non-hydrogen) atoms. The molecular formula is C17H23FN2O3S. The molecule has 0 unspecified atom stereocenters. The van der Waals surface area contributed by atoms with E-state index >= 15 is 0 Å². The van der Waals surface area contributed by atoms with Gasteiger partial charge in [0.05, 0.1) is 4.90 Å². The number of nitrogens with zero attached hydrogens (tertiary/aromatic N) is 2. The standard InChI is InChI=1S/C17H23FN2O3S/c1-13-3-4-14(18)11-15(13)24(22,23)20-9-7-17(8-10-20)6-5-16(21)19(2)12-17/h3-4,11H,5-10,12H2,1-2H3. The van der Waals surface area contributed by atoms with Crippen LogP contribution in [0.25, 0.3) is 0 Å². The van der Waals surface area contributed by atoms with Crippen molar-refractivity contribution < 1.29 is 17.6 Å². The van der Waals surface area contributed by atoms with Crippen molar-refractivity contribution in [2.24, 2.45) is 5.41 Å². The fourth-order valence-electron chi connectivity index (χ4n) is 3.83. The van der Waals surface area contributed by atoms with Crippen LogP contribution in [0.2, 0.25) is 0 Å². The van der Waals surface area contributed by atoms with E-state index in [4.69, 9.17) is 0 Å². The lowest BCUT2D eigenvalue weighted by molar-refractivity contribution is -0.136. The number of sulfonamides is 1. The molecule has 0 bridgehead atoms. The van der Waals surface area contributed by atoms with E-state index in [1.807, 2.05) is 7.05 Å². The summed E-state index contributed by atoms with van der Waals surface area (Å²) in [5, 5.41) is 0. The maximum Gasteiger partial charge on any atom is 0.243 e. The zero-order valence-corrected chi connectivity index (χ0v) is 14.9. The lowest BCUT2D eigenvalue weighted by Gasteiger charge is -2.46. The lowest BCUT2D eigenvalue weighted by atomic mass is 9.73. The number of hydrogen-bond acceptors (Lipinski definition) is 3. The number of aryl methyl sites for hydroxylation is 1. The normalized spacial score (nSPS) is 22.1. The summed E-state index contributed by atoms with van der Waals surface area (Å²) in [6.45, 7) is 3.21. The highest BCUT2D eigenvalue weighted by Gasteiger charge is 2.42. The van der Waals surface area contributed by atoms with Gasteiger partial charge in [-0.2, -0.15) is 4.31 Å². The average Bonchev–Trinajstić information content (AvgIpc) is 2.54. The molecule has 2 saturated heterocycles. The summed E-state index contributed by atoms with van der Waals surface area (Å²) in [6.07, 6.45) is 2.83. The van der Waals surface area contributed by atoms with Crippen LogP contribution in [0.5, 0.6) is 0 Å². The van der Waals surface area contributed by atoms with E-state index in [1.54, 1.807) is 11.8 Å². The Labute approximate surface area is 142 Å². The molecule has 2 aliphatic rings. The molecule has 7 heteroatoms. The van der Waals surface area contributed by atoms with Gasteiger partial charge in [-0.05, 0) is 49.3 Å². The molecule has 1 spiro atoms. The predicted molar refractivity (Wildman–Crippen MR) is 88.4 cm³/mol. The molecular weight excluding hydrogens is 331 g/mol. The van der Waals surface area contributed by atoms with E-state index in [2.05, 4.69) is 0 Å². The monoisotopic (exact) mass is 354 g/mol. The van der Waals surface area contributed by atoms with E-state index < -0.39 is 15.8 Å². The van der Waals surface area contributed by atoms with Crippen LogP contribution in [0.1, 0.15) is 31.2 Å². The van der Waals surface area contributed by atoms with Gasteiger partial charge in [-0.1, -0.05) is 6.07 Å². The fraction of sp³-hybridized carbons (Fsp3) is 0.588. The second-order valence-corrected chi connectivity index (χ2v) is 8.97. The maximum atomic E-state index is 13.5. The Kier molecular flexibility index (Phi) is 4.42. The fourth-order valence-corrected chi connectivity index (χ4v) is 5.51. The topological polar surface area (TPSA) is 57.7 Å². The van der Waals surface area contributed by atoms with Gasteiger partial charge in [0, 0.05) is 33.1 Å². The average molecular weight is 354 g/mol. The van der Waals surface area contributed by atoms with Gasteiger partial charge in [0.25, 0.3) is 0 Å². The van der Waals surface area contributed by atoms with Gasteiger partial charge in [0.15, 0.2) is 0 Å². The second kappa shape index (κ2) is 6.11. The molecule has 0 radical (unpaired) electrons. The molecule has 2 heterocycles. The molecule has 0 saturated carbocycles. The highest BCUT2D eigenvalue weighted by Crippen LogP contribution is 2.41. The summed E-state index contributed by atoms with van der Waals surface area (Å²) >= 11 is 0. The van der Waals surface area contributed by atoms with Crippen LogP contribution in [0.3, 0.4) is 0 Å². The number of carbonyl (C=O) groups excluding carboxylic acids is 1. The van der Waals surface area contributed by atoms with Gasteiger partial charge < -0.3 is 4.90 Å². The Balaban J connectivity index is 1.77. The van der Waals surface area contributed by atoms with E-state index in [0.717, 1.165) is 25.3 Å². The first-order valence-electron chi connectivity index (χ1n) is 8.24. The van der Waals surface area contributed by atoms with Crippen molar-refractivity contribution >= 4 is 15.9 Å². The zero-order valence-electron chi connectivity index (χ0n) is 14.1. The first-order chi connectivity index (χ1) is 11.2. The van der Waals surface area contributed by atoms with Crippen LogP contribution in [0, 0.1) is 18.2 Å². The largest absolute Gasteiger partial charge is 0.345 e. The summed E-state index contributed by atoms with van der Waals surface area (Å²) < 4.78 is 40.6. The number of carbonyl (C=O) groups is 1. The minimum atomic E-state index is -3.68. The minimum Gasteiger partial charge on any atom is -0.345 e. The molecule has 0 aliphatic carbocycles. The van der Waals surface area contributed by atoms with Crippen LogP contribution < -0.4 is 0 Å². The maximum absolute atomic E-state index is 13.5. The van der Waals surface area contributed by atoms with Crippen LogP contribution in [0.15, 0.2) is 23.1 Å². The van der Waals surface area contributed by atoms with Crippen molar-refractivity contribution in [3.8, 4) is 0 Å². The van der Waals surface area contributed by atoms with Gasteiger partial charge in [0.1, 0.15) is 5.82 Å². The number of hydrogen-bond donors (Lipinski definition) is 0. The van der Waals surface area contributed by atoms with Crippen molar-refractivity contribution in [1.82, 2.24) is 9.21 Å². The predicted octanol–water partition coefficient (Wildman–Crippen LogP) is 2.16. The van der Waals surface area contributed by atoms with Gasteiger partial charge in [-0.15, -0.1) is 0 Å². The van der Waals surface area contributed by atoms with Gasteiger partial charge in [0.2, 0.25) is 15.9 Å². The van der Waals surface area contributed by atoms with Crippen molar-refractivity contribution in [2.75, 3.05) is 26.7 Å². The van der Waals surface area contributed by atoms with Gasteiger partial charge >= 0.3 is 0 Å². The molecule has 2 aliphatic heterocycles. The summed E-state index contributed by atoms with van der Waals surface area (Å²) in [6, 6.07) is 3.87. The first-order valence-corrected chi connectivity index (χ1v) is 9.68. The first kappa shape index (κ1) is 17.4. The third-order valence-electron chi connectivity index (χ3n) is 5.42. The number of likely N-dealkylation sites (tertiary alicyclic amines) is 1. The zero-order chi connectivity index (χ0) is 17.5. The summed E-state index contributed by atoms with van der Waals surface area (Å²) in [5.41, 5.74) is 0.575. The molecule has 5 nitrogen and oxygen atoms in total. The molecule has 0 aromatic heterocycles. The van der Waals surface area contributed by atoms with E-state index in [1.165, 1.54) is 16.4 Å². The minimum absolute atomic E-state index is 0.0195. The third-order valence-corrected chi connectivity index (χ3v) is 7.46. The van der Waals surface area contributed by atoms with E-state index in [9.17, 15) is 17.6 Å². The molecule has 0 atom stereocenters. The Morgan fingerprint density at radius 1 is 1.17 bits per heavy atom. The Morgan fingerprint density at radius 3 is 2.46 bits per heavy atom. The molecule has 0 N–H and O–H groups in total. The van der Waals surface area contributed by atoms with Crippen LogP contribution in [-0.4, -0.2) is 50.2 Å². The van der Waals surface area contributed by atoms with Crippen molar-refractivity contribution in [2.45, 2.75) is 37.5 Å². The lowest BCUT2D eigenvalue weighted by Crippen LogP contribution is -2.51. The summed E-state index contributed by atoms with van der Waals surface area (Å²) in [4.78, 5) is 13.5. The third kappa shape index (κ3) is 3.07. The Morgan fingerprint density at radius 2 is 1.83 bits per heavy atom. The molecule has 132 valence electrons. The molecule has 1 amide bonds. The van der Waals surface area contributed by atoms with Crippen LogP contribution in [-0.2, 0) is 14.8 Å². The quantitative estimate of drug-likeness (QED) is 0.818. The van der Waals surface area contributed by atoms with Crippen molar-refractivity contribution in [3.63, 3.8) is 0 Å². The van der Waals surface area contributed by atoms with E-state index in [-0.39, 0.29) is 16.2 Å². The number of piperidine rings is 2. The summed E-state index contributed by atoms with van der Waals surface area (Å²) in [5.74, 6) is -0.383. The van der Waals surface area contributed by atoms with Crippen LogP contribution >= 0.6 is 0 Å². The smallest absolute Gasteiger partial charge is 0.243 e. The molecule has 3 rings (SSSR count). The highest BCUT2D eigenvalue weighted by atomic mass is 32.2. The number of halogens is 1. The number of rotatable bonds is 2. The SMILES string of the molecule is Cc1ccc(F)cc1S(=O)(=O)N1CCC2(CCC(=O)N(C)C2)CC1. The summed E-state index contributed by atoms with van der Waals surface area (Å²) in [7, 11) is -1.87. The number of amides is 1. The van der Waals surface area contributed by atoms with Crippen molar-refractivity contribution in [3.05, 3.63) is 29.6 Å². The molecule has 1 aromatic carbocycles. The van der Waals surface area contributed by atoms with Crippen molar-refractivity contribution in [1.29, 1.82) is 0 Å². The second-order valence-electron chi connectivity index (χ2n) is 7.06. The van der Waals surface area contributed by atoms with E-state index in [0.29, 0.717) is 31.6 Å².